The normalized spacial score (nSPS) is 21.3. The Labute approximate surface area is 115 Å². The molecule has 0 N–H and O–H groups in total. The summed E-state index contributed by atoms with van der Waals surface area (Å²) in [6, 6.07) is 5.54. The molecule has 0 amide bonds. The Balaban J connectivity index is 2.21. The molecular weight excluding hydrogens is 321 g/mol. The van der Waals surface area contributed by atoms with Crippen LogP contribution in [0.4, 0.5) is 4.39 Å². The first kappa shape index (κ1) is 14.0. The summed E-state index contributed by atoms with van der Waals surface area (Å²) >= 11 is 3.36. The lowest BCUT2D eigenvalue weighted by Crippen LogP contribution is -2.29. The number of sulfonamides is 1. The second-order valence-corrected chi connectivity index (χ2v) is 7.13. The maximum Gasteiger partial charge on any atom is 0.245 e. The number of hydrogen-bond acceptors (Lipinski definition) is 2. The molecule has 0 aromatic heterocycles. The molecule has 1 aliphatic rings. The predicted molar refractivity (Wildman–Crippen MR) is 71.7 cm³/mol. The van der Waals surface area contributed by atoms with Gasteiger partial charge in [0.05, 0.1) is 0 Å². The molecule has 1 aromatic carbocycles. The lowest BCUT2D eigenvalue weighted by Gasteiger charge is -2.16. The van der Waals surface area contributed by atoms with Crippen molar-refractivity contribution in [3.63, 3.8) is 0 Å². The topological polar surface area (TPSA) is 37.4 Å². The van der Waals surface area contributed by atoms with Gasteiger partial charge in [-0.15, -0.1) is 0 Å². The average molecular weight is 336 g/mol. The van der Waals surface area contributed by atoms with Crippen molar-refractivity contribution in [1.82, 2.24) is 4.31 Å². The molecule has 0 bridgehead atoms. The number of halogens is 2. The maximum absolute atomic E-state index is 13.6. The van der Waals surface area contributed by atoms with Crippen molar-refractivity contribution in [2.24, 2.45) is 5.92 Å². The summed E-state index contributed by atoms with van der Waals surface area (Å²) in [5, 5.41) is 0.866. The summed E-state index contributed by atoms with van der Waals surface area (Å²) in [6.07, 6.45) is 1.79. The standard InChI is InChI=1S/C12H15BrFNO2S/c13-7-5-10-6-8-15(9-10)18(16,17)12-4-2-1-3-11(12)14/h1-4,10H,5-9H2. The molecule has 6 heteroatoms. The van der Waals surface area contributed by atoms with E-state index in [0.717, 1.165) is 18.2 Å². The number of rotatable bonds is 4. The van der Waals surface area contributed by atoms with E-state index in [0.29, 0.717) is 19.0 Å². The van der Waals surface area contributed by atoms with Crippen LogP contribution in [-0.4, -0.2) is 31.1 Å². The lowest BCUT2D eigenvalue weighted by molar-refractivity contribution is 0.449. The molecule has 18 heavy (non-hydrogen) atoms. The first-order valence-electron chi connectivity index (χ1n) is 5.86. The third-order valence-electron chi connectivity index (χ3n) is 3.22. The van der Waals surface area contributed by atoms with Crippen LogP contribution in [0.5, 0.6) is 0 Å². The van der Waals surface area contributed by atoms with Gasteiger partial charge in [0.15, 0.2) is 0 Å². The van der Waals surface area contributed by atoms with Gasteiger partial charge in [-0.05, 0) is 30.9 Å². The van der Waals surface area contributed by atoms with Crippen LogP contribution in [0.2, 0.25) is 0 Å². The van der Waals surface area contributed by atoms with Gasteiger partial charge in [0.2, 0.25) is 10.0 Å². The Bertz CT molecular complexity index is 521. The van der Waals surface area contributed by atoms with Crippen molar-refractivity contribution in [2.75, 3.05) is 18.4 Å². The summed E-state index contributed by atoms with van der Waals surface area (Å²) in [6.45, 7) is 0.969. The van der Waals surface area contributed by atoms with E-state index in [1.165, 1.54) is 22.5 Å². The Morgan fingerprint density at radius 2 is 2.11 bits per heavy atom. The van der Waals surface area contributed by atoms with Crippen molar-refractivity contribution in [3.8, 4) is 0 Å². The quantitative estimate of drug-likeness (QED) is 0.793. The molecular formula is C12H15BrFNO2S. The van der Waals surface area contributed by atoms with Crippen molar-refractivity contribution in [1.29, 1.82) is 0 Å². The van der Waals surface area contributed by atoms with Crippen molar-refractivity contribution >= 4 is 26.0 Å². The van der Waals surface area contributed by atoms with Crippen LogP contribution in [0.25, 0.3) is 0 Å². The number of nitrogens with zero attached hydrogens (tertiary/aromatic N) is 1. The van der Waals surface area contributed by atoms with Crippen molar-refractivity contribution in [3.05, 3.63) is 30.1 Å². The van der Waals surface area contributed by atoms with Gasteiger partial charge >= 0.3 is 0 Å². The van der Waals surface area contributed by atoms with Crippen LogP contribution in [0.3, 0.4) is 0 Å². The van der Waals surface area contributed by atoms with Crippen molar-refractivity contribution in [2.45, 2.75) is 17.7 Å². The highest BCUT2D eigenvalue weighted by Crippen LogP contribution is 2.27. The van der Waals surface area contributed by atoms with Gasteiger partial charge in [0.25, 0.3) is 0 Å². The zero-order valence-electron chi connectivity index (χ0n) is 9.85. The summed E-state index contributed by atoms with van der Waals surface area (Å²) in [4.78, 5) is -0.218. The highest BCUT2D eigenvalue weighted by molar-refractivity contribution is 9.09. The summed E-state index contributed by atoms with van der Waals surface area (Å²) in [5.74, 6) is -0.313. The van der Waals surface area contributed by atoms with E-state index in [1.54, 1.807) is 6.07 Å². The Morgan fingerprint density at radius 3 is 2.78 bits per heavy atom. The van der Waals surface area contributed by atoms with E-state index in [2.05, 4.69) is 15.9 Å². The van der Waals surface area contributed by atoms with E-state index in [9.17, 15) is 12.8 Å². The molecule has 0 spiro atoms. The fourth-order valence-corrected chi connectivity index (χ4v) is 4.44. The van der Waals surface area contributed by atoms with Crippen LogP contribution in [-0.2, 0) is 10.0 Å². The highest BCUT2D eigenvalue weighted by atomic mass is 79.9. The van der Waals surface area contributed by atoms with E-state index in [4.69, 9.17) is 0 Å². The van der Waals surface area contributed by atoms with Gasteiger partial charge in [-0.2, -0.15) is 4.31 Å². The third-order valence-corrected chi connectivity index (χ3v) is 5.58. The van der Waals surface area contributed by atoms with Crippen molar-refractivity contribution < 1.29 is 12.8 Å². The van der Waals surface area contributed by atoms with Crippen LogP contribution >= 0.6 is 15.9 Å². The van der Waals surface area contributed by atoms with E-state index >= 15 is 0 Å². The minimum atomic E-state index is -3.68. The smallest absolute Gasteiger partial charge is 0.207 e. The SMILES string of the molecule is O=S(=O)(c1ccccc1F)N1CCC(CCBr)C1. The lowest BCUT2D eigenvalue weighted by atomic mass is 10.1. The molecule has 1 unspecified atom stereocenters. The van der Waals surface area contributed by atoms with E-state index in [-0.39, 0.29) is 4.90 Å². The maximum atomic E-state index is 13.6. The average Bonchev–Trinajstić information content (AvgIpc) is 2.79. The Kier molecular flexibility index (Phi) is 4.40. The van der Waals surface area contributed by atoms with Gasteiger partial charge in [-0.25, -0.2) is 12.8 Å². The van der Waals surface area contributed by atoms with Crippen LogP contribution in [0.15, 0.2) is 29.2 Å². The second-order valence-electron chi connectivity index (χ2n) is 4.43. The van der Waals surface area contributed by atoms with Crippen LogP contribution in [0.1, 0.15) is 12.8 Å². The second kappa shape index (κ2) is 5.67. The Hall–Kier alpha value is -0.460. The van der Waals surface area contributed by atoms with Crippen LogP contribution < -0.4 is 0 Å². The molecule has 1 fully saturated rings. The van der Waals surface area contributed by atoms with Gasteiger partial charge < -0.3 is 0 Å². The molecule has 0 saturated carbocycles. The van der Waals surface area contributed by atoms with Crippen LogP contribution in [0, 0.1) is 11.7 Å². The first-order chi connectivity index (χ1) is 8.55. The van der Waals surface area contributed by atoms with Gasteiger partial charge in [0.1, 0.15) is 10.7 Å². The molecule has 1 heterocycles. The monoisotopic (exact) mass is 335 g/mol. The molecule has 100 valence electrons. The molecule has 1 atom stereocenters. The fraction of sp³-hybridized carbons (Fsp3) is 0.500. The van der Waals surface area contributed by atoms with Gasteiger partial charge in [-0.3, -0.25) is 0 Å². The summed E-state index contributed by atoms with van der Waals surface area (Å²) in [5.41, 5.74) is 0. The molecule has 0 aliphatic carbocycles. The predicted octanol–water partition coefficient (Wildman–Crippen LogP) is 2.62. The molecule has 1 aromatic rings. The number of hydrogen-bond donors (Lipinski definition) is 0. The zero-order valence-corrected chi connectivity index (χ0v) is 12.3. The van der Waals surface area contributed by atoms with E-state index < -0.39 is 15.8 Å². The first-order valence-corrected chi connectivity index (χ1v) is 8.42. The van der Waals surface area contributed by atoms with Gasteiger partial charge in [0, 0.05) is 18.4 Å². The van der Waals surface area contributed by atoms with E-state index in [1.807, 2.05) is 0 Å². The molecule has 3 nitrogen and oxygen atoms in total. The minimum Gasteiger partial charge on any atom is -0.207 e. The number of benzene rings is 1. The molecule has 1 aliphatic heterocycles. The summed E-state index contributed by atoms with van der Waals surface area (Å²) in [7, 11) is -3.68. The third kappa shape index (κ3) is 2.75. The van der Waals surface area contributed by atoms with Gasteiger partial charge in [-0.1, -0.05) is 28.1 Å². The summed E-state index contributed by atoms with van der Waals surface area (Å²) < 4.78 is 39.5. The highest BCUT2D eigenvalue weighted by Gasteiger charge is 2.33. The minimum absolute atomic E-state index is 0.218. The fourth-order valence-electron chi connectivity index (χ4n) is 2.20. The largest absolute Gasteiger partial charge is 0.245 e. The molecule has 2 rings (SSSR count). The number of alkyl halides is 1. The Morgan fingerprint density at radius 1 is 1.39 bits per heavy atom. The molecule has 0 radical (unpaired) electrons. The molecule has 1 saturated heterocycles. The zero-order chi connectivity index (χ0) is 13.2.